The molecule has 0 saturated carbocycles. The molecule has 6 heteroatoms. The first-order valence-electron chi connectivity index (χ1n) is 7.58. The Kier molecular flexibility index (Phi) is 5.22. The SMILES string of the molecule is Cc1nn(C)c(C)c1OCC(=O)N1CCCC1CCCO. The highest BCUT2D eigenvalue weighted by Gasteiger charge is 2.28. The fourth-order valence-electron chi connectivity index (χ4n) is 2.97. The van der Waals surface area contributed by atoms with E-state index in [1.165, 1.54) is 0 Å². The lowest BCUT2D eigenvalue weighted by molar-refractivity contribution is -0.134. The maximum absolute atomic E-state index is 12.3. The van der Waals surface area contributed by atoms with Crippen LogP contribution in [0.4, 0.5) is 0 Å². The molecule has 1 aromatic heterocycles. The van der Waals surface area contributed by atoms with Gasteiger partial charge in [0.15, 0.2) is 12.4 Å². The standard InChI is InChI=1S/C15H25N3O3/c1-11-15(12(2)17(3)16-11)21-10-14(20)18-8-4-6-13(18)7-5-9-19/h13,19H,4-10H2,1-3H3. The molecule has 118 valence electrons. The smallest absolute Gasteiger partial charge is 0.260 e. The third-order valence-electron chi connectivity index (χ3n) is 4.18. The van der Waals surface area contributed by atoms with E-state index in [2.05, 4.69) is 5.10 Å². The number of hydrogen-bond donors (Lipinski definition) is 1. The summed E-state index contributed by atoms with van der Waals surface area (Å²) in [7, 11) is 1.86. The lowest BCUT2D eigenvalue weighted by Gasteiger charge is -2.24. The third-order valence-corrected chi connectivity index (χ3v) is 4.18. The molecule has 0 spiro atoms. The minimum Gasteiger partial charge on any atom is -0.480 e. The summed E-state index contributed by atoms with van der Waals surface area (Å²) in [5, 5.41) is 13.2. The molecule has 21 heavy (non-hydrogen) atoms. The summed E-state index contributed by atoms with van der Waals surface area (Å²) in [6, 6.07) is 0.254. The van der Waals surface area contributed by atoms with Crippen molar-refractivity contribution in [1.29, 1.82) is 0 Å². The van der Waals surface area contributed by atoms with E-state index in [1.54, 1.807) is 4.68 Å². The predicted molar refractivity (Wildman–Crippen MR) is 79.2 cm³/mol. The molecule has 0 aromatic carbocycles. The highest BCUT2D eigenvalue weighted by Crippen LogP contribution is 2.24. The zero-order chi connectivity index (χ0) is 15.4. The maximum Gasteiger partial charge on any atom is 0.260 e. The van der Waals surface area contributed by atoms with Crippen LogP contribution in [0, 0.1) is 13.8 Å². The molecule has 0 bridgehead atoms. The molecule has 1 saturated heterocycles. The van der Waals surface area contributed by atoms with Gasteiger partial charge in [0.2, 0.25) is 0 Å². The lowest BCUT2D eigenvalue weighted by Crippen LogP contribution is -2.38. The van der Waals surface area contributed by atoms with Crippen LogP contribution in [0.2, 0.25) is 0 Å². The maximum atomic E-state index is 12.3. The fraction of sp³-hybridized carbons (Fsp3) is 0.733. The molecule has 2 rings (SSSR count). The van der Waals surface area contributed by atoms with Crippen molar-refractivity contribution in [1.82, 2.24) is 14.7 Å². The molecule has 1 aliphatic rings. The normalized spacial score (nSPS) is 18.3. The molecule has 1 fully saturated rings. The van der Waals surface area contributed by atoms with Crippen LogP contribution in [0.3, 0.4) is 0 Å². The second-order valence-electron chi connectivity index (χ2n) is 5.66. The number of aliphatic hydroxyl groups excluding tert-OH is 1. The van der Waals surface area contributed by atoms with Crippen LogP contribution in [-0.4, -0.2) is 51.5 Å². The van der Waals surface area contributed by atoms with E-state index in [9.17, 15) is 4.79 Å². The molecular weight excluding hydrogens is 270 g/mol. The summed E-state index contributed by atoms with van der Waals surface area (Å²) in [5.74, 6) is 0.732. The Morgan fingerprint density at radius 1 is 1.48 bits per heavy atom. The van der Waals surface area contributed by atoms with Crippen molar-refractivity contribution in [2.45, 2.75) is 45.6 Å². The van der Waals surface area contributed by atoms with Crippen molar-refractivity contribution in [2.75, 3.05) is 19.8 Å². The van der Waals surface area contributed by atoms with Crippen LogP contribution < -0.4 is 4.74 Å². The lowest BCUT2D eigenvalue weighted by atomic mass is 10.1. The number of rotatable bonds is 6. The molecule has 1 atom stereocenters. The summed E-state index contributed by atoms with van der Waals surface area (Å²) in [4.78, 5) is 14.2. The number of aliphatic hydroxyl groups is 1. The van der Waals surface area contributed by atoms with Gasteiger partial charge >= 0.3 is 0 Å². The largest absolute Gasteiger partial charge is 0.480 e. The second kappa shape index (κ2) is 6.93. The van der Waals surface area contributed by atoms with Gasteiger partial charge < -0.3 is 14.7 Å². The van der Waals surface area contributed by atoms with E-state index in [1.807, 2.05) is 25.8 Å². The van der Waals surface area contributed by atoms with Gasteiger partial charge in [0.25, 0.3) is 5.91 Å². The van der Waals surface area contributed by atoms with Gasteiger partial charge in [-0.2, -0.15) is 5.10 Å². The summed E-state index contributed by atoms with van der Waals surface area (Å²) in [6.07, 6.45) is 3.67. The van der Waals surface area contributed by atoms with Gasteiger partial charge in [0.05, 0.1) is 5.69 Å². The van der Waals surface area contributed by atoms with Gasteiger partial charge in [-0.05, 0) is 39.5 Å². The summed E-state index contributed by atoms with van der Waals surface area (Å²) < 4.78 is 7.45. The monoisotopic (exact) mass is 295 g/mol. The molecule has 0 radical (unpaired) electrons. The van der Waals surface area contributed by atoms with E-state index in [4.69, 9.17) is 9.84 Å². The minimum absolute atomic E-state index is 0.0260. The molecule has 1 aliphatic heterocycles. The highest BCUT2D eigenvalue weighted by molar-refractivity contribution is 5.78. The average Bonchev–Trinajstić information content (AvgIpc) is 3.01. The molecule has 1 aromatic rings. The van der Waals surface area contributed by atoms with Gasteiger partial charge in [-0.15, -0.1) is 0 Å². The summed E-state index contributed by atoms with van der Waals surface area (Å²) in [6.45, 7) is 4.85. The van der Waals surface area contributed by atoms with Crippen molar-refractivity contribution in [3.05, 3.63) is 11.4 Å². The van der Waals surface area contributed by atoms with Gasteiger partial charge in [0, 0.05) is 26.2 Å². The van der Waals surface area contributed by atoms with E-state index >= 15 is 0 Å². The zero-order valence-corrected chi connectivity index (χ0v) is 13.1. The zero-order valence-electron chi connectivity index (χ0n) is 13.1. The van der Waals surface area contributed by atoms with E-state index in [0.29, 0.717) is 5.75 Å². The van der Waals surface area contributed by atoms with Crippen molar-refractivity contribution in [3.8, 4) is 5.75 Å². The Labute approximate surface area is 125 Å². The van der Waals surface area contributed by atoms with Crippen LogP contribution in [-0.2, 0) is 11.8 Å². The van der Waals surface area contributed by atoms with Crippen molar-refractivity contribution in [3.63, 3.8) is 0 Å². The van der Waals surface area contributed by atoms with Crippen LogP contribution in [0.5, 0.6) is 5.75 Å². The Balaban J connectivity index is 1.92. The van der Waals surface area contributed by atoms with Crippen molar-refractivity contribution >= 4 is 5.91 Å². The molecule has 6 nitrogen and oxygen atoms in total. The first-order valence-corrected chi connectivity index (χ1v) is 7.58. The van der Waals surface area contributed by atoms with Gasteiger partial charge in [-0.25, -0.2) is 0 Å². The summed E-state index contributed by atoms with van der Waals surface area (Å²) >= 11 is 0. The van der Waals surface area contributed by atoms with Crippen molar-refractivity contribution < 1.29 is 14.6 Å². The van der Waals surface area contributed by atoms with Crippen molar-refractivity contribution in [2.24, 2.45) is 7.05 Å². The topological polar surface area (TPSA) is 67.6 Å². The number of ether oxygens (including phenoxy) is 1. The number of carbonyl (C=O) groups is 1. The highest BCUT2D eigenvalue weighted by atomic mass is 16.5. The molecular formula is C15H25N3O3. The van der Waals surface area contributed by atoms with Crippen LogP contribution in [0.25, 0.3) is 0 Å². The predicted octanol–water partition coefficient (Wildman–Crippen LogP) is 1.18. The van der Waals surface area contributed by atoms with Gasteiger partial charge in [-0.1, -0.05) is 0 Å². The third kappa shape index (κ3) is 3.56. The van der Waals surface area contributed by atoms with Crippen LogP contribution in [0.15, 0.2) is 0 Å². The number of aromatic nitrogens is 2. The molecule has 1 N–H and O–H groups in total. The average molecular weight is 295 g/mol. The van der Waals surface area contributed by atoms with E-state index in [-0.39, 0.29) is 25.2 Å². The first-order chi connectivity index (χ1) is 10.0. The van der Waals surface area contributed by atoms with Gasteiger partial charge in [-0.3, -0.25) is 9.48 Å². The van der Waals surface area contributed by atoms with Crippen LogP contribution >= 0.6 is 0 Å². The van der Waals surface area contributed by atoms with E-state index < -0.39 is 0 Å². The summed E-state index contributed by atoms with van der Waals surface area (Å²) in [5.41, 5.74) is 1.74. The van der Waals surface area contributed by atoms with E-state index in [0.717, 1.165) is 43.6 Å². The minimum atomic E-state index is 0.0260. The number of hydrogen-bond acceptors (Lipinski definition) is 4. The number of nitrogens with zero attached hydrogens (tertiary/aromatic N) is 3. The quantitative estimate of drug-likeness (QED) is 0.855. The Morgan fingerprint density at radius 3 is 2.86 bits per heavy atom. The molecule has 1 amide bonds. The first kappa shape index (κ1) is 15.8. The number of aryl methyl sites for hydroxylation is 2. The Morgan fingerprint density at radius 2 is 2.24 bits per heavy atom. The fourth-order valence-corrected chi connectivity index (χ4v) is 2.97. The number of amides is 1. The van der Waals surface area contributed by atoms with Crippen LogP contribution in [0.1, 0.15) is 37.1 Å². The Bertz CT molecular complexity index is 499. The second-order valence-corrected chi connectivity index (χ2v) is 5.66. The number of carbonyl (C=O) groups excluding carboxylic acids is 1. The van der Waals surface area contributed by atoms with Gasteiger partial charge in [0.1, 0.15) is 5.69 Å². The Hall–Kier alpha value is -1.56. The molecule has 1 unspecified atom stereocenters. The molecule has 2 heterocycles. The number of likely N-dealkylation sites (tertiary alicyclic amines) is 1. The molecule has 0 aliphatic carbocycles.